The standard InChI is InChI=1S/C11H11ClN4O/c1-16(2)11(17)6-10-13-8-4-3-7(12)5-9(8)14-15-10/h3-5H,6H2,1-2H3. The number of carbonyl (C=O) groups excluding carboxylic acids is 1. The predicted molar refractivity (Wildman–Crippen MR) is 64.7 cm³/mol. The lowest BCUT2D eigenvalue weighted by atomic mass is 10.3. The fourth-order valence-corrected chi connectivity index (χ4v) is 1.48. The topological polar surface area (TPSA) is 59.0 Å². The van der Waals surface area contributed by atoms with Gasteiger partial charge < -0.3 is 4.90 Å². The third-order valence-corrected chi connectivity index (χ3v) is 2.50. The minimum absolute atomic E-state index is 0.0555. The molecule has 1 aromatic carbocycles. The van der Waals surface area contributed by atoms with Crippen LogP contribution in [-0.4, -0.2) is 40.1 Å². The summed E-state index contributed by atoms with van der Waals surface area (Å²) in [6, 6.07) is 5.18. The summed E-state index contributed by atoms with van der Waals surface area (Å²) in [5.41, 5.74) is 1.31. The van der Waals surface area contributed by atoms with Gasteiger partial charge in [-0.15, -0.1) is 10.2 Å². The first-order chi connectivity index (χ1) is 8.06. The van der Waals surface area contributed by atoms with Crippen molar-refractivity contribution in [3.05, 3.63) is 29.0 Å². The lowest BCUT2D eigenvalue weighted by Crippen LogP contribution is -2.24. The van der Waals surface area contributed by atoms with Gasteiger partial charge in [-0.25, -0.2) is 4.98 Å². The van der Waals surface area contributed by atoms with E-state index in [1.807, 2.05) is 0 Å². The minimum atomic E-state index is -0.0555. The molecule has 0 aliphatic carbocycles. The molecule has 0 unspecified atom stereocenters. The quantitative estimate of drug-likeness (QED) is 0.806. The molecule has 0 bridgehead atoms. The highest BCUT2D eigenvalue weighted by Gasteiger charge is 2.09. The Hall–Kier alpha value is -1.75. The van der Waals surface area contributed by atoms with Gasteiger partial charge in [0.15, 0.2) is 5.82 Å². The zero-order valence-electron chi connectivity index (χ0n) is 9.51. The number of nitrogens with zero attached hydrogens (tertiary/aromatic N) is 4. The molecule has 0 radical (unpaired) electrons. The van der Waals surface area contributed by atoms with Gasteiger partial charge in [0.05, 0.1) is 11.9 Å². The van der Waals surface area contributed by atoms with Crippen LogP contribution in [0.15, 0.2) is 18.2 Å². The van der Waals surface area contributed by atoms with Gasteiger partial charge in [-0.1, -0.05) is 11.6 Å². The monoisotopic (exact) mass is 250 g/mol. The van der Waals surface area contributed by atoms with E-state index in [0.717, 1.165) is 0 Å². The molecule has 17 heavy (non-hydrogen) atoms. The number of benzene rings is 1. The molecule has 0 N–H and O–H groups in total. The number of hydrogen-bond donors (Lipinski definition) is 0. The molecule has 1 amide bonds. The van der Waals surface area contributed by atoms with Crippen LogP contribution in [0.5, 0.6) is 0 Å². The largest absolute Gasteiger partial charge is 0.348 e. The van der Waals surface area contributed by atoms with Crippen LogP contribution in [0.2, 0.25) is 5.02 Å². The molecule has 0 atom stereocenters. The minimum Gasteiger partial charge on any atom is -0.348 e. The molecule has 88 valence electrons. The Bertz CT molecular complexity index is 570. The van der Waals surface area contributed by atoms with Crippen LogP contribution in [-0.2, 0) is 11.2 Å². The number of likely N-dealkylation sites (N-methyl/N-ethyl adjacent to an activating group) is 1. The maximum Gasteiger partial charge on any atom is 0.229 e. The normalized spacial score (nSPS) is 10.5. The fourth-order valence-electron chi connectivity index (χ4n) is 1.31. The summed E-state index contributed by atoms with van der Waals surface area (Å²) in [6.45, 7) is 0. The van der Waals surface area contributed by atoms with Gasteiger partial charge in [0.1, 0.15) is 5.52 Å². The van der Waals surface area contributed by atoms with E-state index < -0.39 is 0 Å². The van der Waals surface area contributed by atoms with Gasteiger partial charge in [-0.2, -0.15) is 0 Å². The van der Waals surface area contributed by atoms with Crippen molar-refractivity contribution in [2.45, 2.75) is 6.42 Å². The first kappa shape index (κ1) is 11.7. The van der Waals surface area contributed by atoms with Crippen LogP contribution in [0.25, 0.3) is 11.0 Å². The average Bonchev–Trinajstić information content (AvgIpc) is 2.29. The molecule has 0 aliphatic heterocycles. The zero-order valence-corrected chi connectivity index (χ0v) is 10.3. The van der Waals surface area contributed by atoms with Gasteiger partial charge in [0.2, 0.25) is 5.91 Å². The van der Waals surface area contributed by atoms with Crippen molar-refractivity contribution < 1.29 is 4.79 Å². The van der Waals surface area contributed by atoms with Crippen LogP contribution in [0.1, 0.15) is 5.82 Å². The SMILES string of the molecule is CN(C)C(=O)Cc1nnc2cc(Cl)ccc2n1. The Morgan fingerprint density at radius 2 is 2.06 bits per heavy atom. The highest BCUT2D eigenvalue weighted by Crippen LogP contribution is 2.15. The predicted octanol–water partition coefficient (Wildman–Crippen LogP) is 1.31. The summed E-state index contributed by atoms with van der Waals surface area (Å²) in [7, 11) is 3.38. The second-order valence-electron chi connectivity index (χ2n) is 3.83. The van der Waals surface area contributed by atoms with E-state index in [1.54, 1.807) is 32.3 Å². The number of hydrogen-bond acceptors (Lipinski definition) is 4. The molecular weight excluding hydrogens is 240 g/mol. The van der Waals surface area contributed by atoms with Crippen LogP contribution in [0.3, 0.4) is 0 Å². The average molecular weight is 251 g/mol. The van der Waals surface area contributed by atoms with Gasteiger partial charge >= 0.3 is 0 Å². The number of carbonyl (C=O) groups is 1. The second kappa shape index (κ2) is 4.63. The Morgan fingerprint density at radius 1 is 1.29 bits per heavy atom. The summed E-state index contributed by atoms with van der Waals surface area (Å²) in [5.74, 6) is 0.360. The van der Waals surface area contributed by atoms with E-state index >= 15 is 0 Å². The summed E-state index contributed by atoms with van der Waals surface area (Å²) in [4.78, 5) is 17.3. The van der Waals surface area contributed by atoms with Crippen LogP contribution in [0.4, 0.5) is 0 Å². The number of amides is 1. The highest BCUT2D eigenvalue weighted by molar-refractivity contribution is 6.31. The lowest BCUT2D eigenvalue weighted by molar-refractivity contribution is -0.128. The Kier molecular flexibility index (Phi) is 3.19. The molecule has 6 heteroatoms. The lowest BCUT2D eigenvalue weighted by Gasteiger charge is -2.08. The van der Waals surface area contributed by atoms with E-state index in [9.17, 15) is 4.79 Å². The van der Waals surface area contributed by atoms with Crippen LogP contribution >= 0.6 is 11.6 Å². The molecule has 2 rings (SSSR count). The van der Waals surface area contributed by atoms with Gasteiger partial charge in [0.25, 0.3) is 0 Å². The van der Waals surface area contributed by atoms with E-state index in [0.29, 0.717) is 21.9 Å². The van der Waals surface area contributed by atoms with E-state index in [-0.39, 0.29) is 12.3 Å². The molecule has 1 heterocycles. The molecule has 0 aliphatic rings. The van der Waals surface area contributed by atoms with Crippen molar-refractivity contribution >= 4 is 28.5 Å². The first-order valence-corrected chi connectivity index (χ1v) is 5.43. The summed E-state index contributed by atoms with van der Waals surface area (Å²) in [5, 5.41) is 8.48. The summed E-state index contributed by atoms with van der Waals surface area (Å²) in [6.07, 6.45) is 0.151. The molecule has 0 fully saturated rings. The Labute approximate surface area is 103 Å². The van der Waals surface area contributed by atoms with E-state index in [4.69, 9.17) is 11.6 Å². The maximum absolute atomic E-state index is 11.5. The molecule has 2 aromatic rings. The molecule has 0 saturated heterocycles. The number of halogens is 1. The number of aromatic nitrogens is 3. The fraction of sp³-hybridized carbons (Fsp3) is 0.273. The Morgan fingerprint density at radius 3 is 2.76 bits per heavy atom. The summed E-state index contributed by atoms with van der Waals surface area (Å²) >= 11 is 5.83. The number of rotatable bonds is 2. The van der Waals surface area contributed by atoms with Crippen molar-refractivity contribution in [3.8, 4) is 0 Å². The van der Waals surface area contributed by atoms with Crippen LogP contribution < -0.4 is 0 Å². The molecule has 0 spiro atoms. The number of fused-ring (bicyclic) bond motifs is 1. The van der Waals surface area contributed by atoms with Crippen molar-refractivity contribution in [1.29, 1.82) is 0 Å². The third kappa shape index (κ3) is 2.68. The van der Waals surface area contributed by atoms with E-state index in [1.165, 1.54) is 4.90 Å². The van der Waals surface area contributed by atoms with Crippen molar-refractivity contribution in [2.75, 3.05) is 14.1 Å². The summed E-state index contributed by atoms with van der Waals surface area (Å²) < 4.78 is 0. The second-order valence-corrected chi connectivity index (χ2v) is 4.26. The molecular formula is C11H11ClN4O. The smallest absolute Gasteiger partial charge is 0.229 e. The third-order valence-electron chi connectivity index (χ3n) is 2.27. The molecule has 1 aromatic heterocycles. The van der Waals surface area contributed by atoms with Gasteiger partial charge in [-0.3, -0.25) is 4.79 Å². The highest BCUT2D eigenvalue weighted by atomic mass is 35.5. The molecule has 0 saturated carbocycles. The van der Waals surface area contributed by atoms with Crippen molar-refractivity contribution in [3.63, 3.8) is 0 Å². The molecule has 5 nitrogen and oxygen atoms in total. The van der Waals surface area contributed by atoms with E-state index in [2.05, 4.69) is 15.2 Å². The maximum atomic E-state index is 11.5. The first-order valence-electron chi connectivity index (χ1n) is 5.05. The van der Waals surface area contributed by atoms with Gasteiger partial charge in [0, 0.05) is 19.1 Å². The zero-order chi connectivity index (χ0) is 12.4. The van der Waals surface area contributed by atoms with Crippen molar-refractivity contribution in [2.24, 2.45) is 0 Å². The van der Waals surface area contributed by atoms with Crippen LogP contribution in [0, 0.1) is 0 Å². The van der Waals surface area contributed by atoms with Crippen molar-refractivity contribution in [1.82, 2.24) is 20.1 Å². The van der Waals surface area contributed by atoms with Gasteiger partial charge in [-0.05, 0) is 18.2 Å². The Balaban J connectivity index is 2.32.